The maximum absolute atomic E-state index is 13.0. The maximum atomic E-state index is 13.0. The summed E-state index contributed by atoms with van der Waals surface area (Å²) in [5, 5.41) is 0.427. The molecular weight excluding hydrogens is 366 g/mol. The van der Waals surface area contributed by atoms with Gasteiger partial charge in [0.1, 0.15) is 12.4 Å². The molecule has 29 heavy (non-hydrogen) atoms. The van der Waals surface area contributed by atoms with E-state index >= 15 is 0 Å². The largest absolute Gasteiger partial charge is 0.486 e. The summed E-state index contributed by atoms with van der Waals surface area (Å²) in [4.78, 5) is 30.1. The first kappa shape index (κ1) is 18.4. The quantitative estimate of drug-likeness (QED) is 0.553. The van der Waals surface area contributed by atoms with Gasteiger partial charge in [-0.25, -0.2) is 4.98 Å². The van der Waals surface area contributed by atoms with E-state index in [2.05, 4.69) is 10.4 Å². The lowest BCUT2D eigenvalue weighted by Crippen LogP contribution is -2.37. The summed E-state index contributed by atoms with van der Waals surface area (Å²) >= 11 is 0. The fourth-order valence-electron chi connectivity index (χ4n) is 3.00. The Labute approximate surface area is 167 Å². The molecule has 1 amide bonds. The lowest BCUT2D eigenvalue weighted by molar-refractivity contribution is -0.116. The van der Waals surface area contributed by atoms with Gasteiger partial charge in [-0.1, -0.05) is 60.7 Å². The number of amides is 1. The number of nitrogens with zero attached hydrogens (tertiary/aromatic N) is 2. The molecule has 0 saturated carbocycles. The summed E-state index contributed by atoms with van der Waals surface area (Å²) in [6.45, 7) is 0.0374. The van der Waals surface area contributed by atoms with Crippen molar-refractivity contribution < 1.29 is 9.53 Å². The number of fused-ring (bicyclic) bond motifs is 1. The molecule has 3 aromatic carbocycles. The number of benzene rings is 3. The molecule has 0 atom stereocenters. The second kappa shape index (κ2) is 8.39. The van der Waals surface area contributed by atoms with Gasteiger partial charge < -0.3 is 4.74 Å². The molecule has 6 nitrogen and oxygen atoms in total. The van der Waals surface area contributed by atoms with Gasteiger partial charge in [0.2, 0.25) is 5.91 Å². The van der Waals surface area contributed by atoms with Crippen molar-refractivity contribution in [2.45, 2.75) is 13.0 Å². The Kier molecular flexibility index (Phi) is 5.33. The first-order valence-corrected chi connectivity index (χ1v) is 9.23. The van der Waals surface area contributed by atoms with E-state index in [0.717, 1.165) is 5.56 Å². The molecule has 4 rings (SSSR count). The van der Waals surface area contributed by atoms with Crippen LogP contribution in [0.1, 0.15) is 11.4 Å². The summed E-state index contributed by atoms with van der Waals surface area (Å²) in [6, 6.07) is 25.6. The average molecular weight is 385 g/mol. The van der Waals surface area contributed by atoms with Crippen LogP contribution in [0.3, 0.4) is 0 Å². The van der Waals surface area contributed by atoms with Crippen LogP contribution in [0.15, 0.2) is 89.7 Å². The third-order valence-corrected chi connectivity index (χ3v) is 4.40. The zero-order valence-corrected chi connectivity index (χ0v) is 15.6. The normalized spacial score (nSPS) is 10.6. The third-order valence-electron chi connectivity index (χ3n) is 4.40. The Bertz CT molecular complexity index is 1190. The zero-order chi connectivity index (χ0) is 20.1. The fraction of sp³-hybridized carbons (Fsp3) is 0.0870. The van der Waals surface area contributed by atoms with Crippen LogP contribution in [0.25, 0.3) is 10.9 Å². The summed E-state index contributed by atoms with van der Waals surface area (Å²) in [5.74, 6) is 0.660. The van der Waals surface area contributed by atoms with Crippen LogP contribution in [0.4, 0.5) is 0 Å². The van der Waals surface area contributed by atoms with Crippen LogP contribution in [-0.4, -0.2) is 15.6 Å². The molecule has 0 saturated heterocycles. The van der Waals surface area contributed by atoms with Crippen LogP contribution in [0.2, 0.25) is 0 Å². The van der Waals surface area contributed by atoms with Crippen molar-refractivity contribution in [3.05, 3.63) is 107 Å². The molecule has 1 heterocycles. The molecule has 144 valence electrons. The number of nitrogens with one attached hydrogen (secondary N) is 1. The van der Waals surface area contributed by atoms with Crippen LogP contribution in [0.5, 0.6) is 5.75 Å². The van der Waals surface area contributed by atoms with Gasteiger partial charge in [-0.3, -0.25) is 15.0 Å². The molecule has 0 bridgehead atoms. The first-order valence-electron chi connectivity index (χ1n) is 9.23. The van der Waals surface area contributed by atoms with Crippen LogP contribution in [-0.2, 0) is 17.8 Å². The SMILES string of the molecule is O=C(Cc1ccccc1)Nn1c(COc2ccccc2)nc2ccccc2c1=O. The van der Waals surface area contributed by atoms with Crippen LogP contribution >= 0.6 is 0 Å². The minimum atomic E-state index is -0.344. The Hall–Kier alpha value is -3.93. The van der Waals surface area contributed by atoms with E-state index in [9.17, 15) is 9.59 Å². The van der Waals surface area contributed by atoms with Crippen LogP contribution < -0.4 is 15.7 Å². The number of carbonyl (C=O) groups excluding carboxylic acids is 1. The minimum absolute atomic E-state index is 0.0374. The smallest absolute Gasteiger partial charge is 0.280 e. The van der Waals surface area contributed by atoms with E-state index in [4.69, 9.17) is 4.74 Å². The van der Waals surface area contributed by atoms with Crippen molar-refractivity contribution in [2.75, 3.05) is 5.43 Å². The van der Waals surface area contributed by atoms with Gasteiger partial charge in [0.05, 0.1) is 17.3 Å². The van der Waals surface area contributed by atoms with E-state index in [1.165, 1.54) is 4.68 Å². The molecular formula is C23H19N3O3. The molecule has 0 aliphatic carbocycles. The highest BCUT2D eigenvalue weighted by Gasteiger charge is 2.14. The molecule has 4 aromatic rings. The number of para-hydroxylation sites is 2. The Balaban J connectivity index is 1.65. The topological polar surface area (TPSA) is 73.2 Å². The number of hydrogen-bond donors (Lipinski definition) is 1. The molecule has 1 aromatic heterocycles. The van der Waals surface area contributed by atoms with Gasteiger partial charge in [-0.15, -0.1) is 0 Å². The van der Waals surface area contributed by atoms with Crippen molar-refractivity contribution in [1.82, 2.24) is 9.66 Å². The van der Waals surface area contributed by atoms with Gasteiger partial charge in [0, 0.05) is 0 Å². The Morgan fingerprint density at radius 3 is 2.31 bits per heavy atom. The number of aromatic nitrogens is 2. The highest BCUT2D eigenvalue weighted by atomic mass is 16.5. The summed E-state index contributed by atoms with van der Waals surface area (Å²) in [6.07, 6.45) is 0.152. The van der Waals surface area contributed by atoms with E-state index in [-0.39, 0.29) is 24.5 Å². The predicted molar refractivity (Wildman–Crippen MR) is 111 cm³/mol. The van der Waals surface area contributed by atoms with Crippen molar-refractivity contribution >= 4 is 16.8 Å². The van der Waals surface area contributed by atoms with Gasteiger partial charge >= 0.3 is 0 Å². The van der Waals surface area contributed by atoms with Gasteiger partial charge in [0.25, 0.3) is 5.56 Å². The standard InChI is InChI=1S/C23H19N3O3/c27-22(15-17-9-3-1-4-10-17)25-26-21(16-29-18-11-5-2-6-12-18)24-20-14-8-7-13-19(20)23(26)28/h1-14H,15-16H2,(H,25,27). The predicted octanol–water partition coefficient (Wildman–Crippen LogP) is 3.29. The first-order chi connectivity index (χ1) is 14.2. The van der Waals surface area contributed by atoms with E-state index in [1.54, 1.807) is 18.2 Å². The van der Waals surface area contributed by atoms with Crippen molar-refractivity contribution in [2.24, 2.45) is 0 Å². The monoisotopic (exact) mass is 385 g/mol. The van der Waals surface area contributed by atoms with E-state index in [0.29, 0.717) is 22.5 Å². The second-order valence-electron chi connectivity index (χ2n) is 6.48. The highest BCUT2D eigenvalue weighted by Crippen LogP contribution is 2.12. The Morgan fingerprint density at radius 2 is 1.55 bits per heavy atom. The van der Waals surface area contributed by atoms with Crippen LogP contribution in [0, 0.1) is 0 Å². The lowest BCUT2D eigenvalue weighted by Gasteiger charge is -2.15. The van der Waals surface area contributed by atoms with Gasteiger partial charge in [-0.2, -0.15) is 4.68 Å². The van der Waals surface area contributed by atoms with E-state index < -0.39 is 0 Å². The number of carbonyl (C=O) groups is 1. The summed E-state index contributed by atoms with van der Waals surface area (Å²) < 4.78 is 6.94. The van der Waals surface area contributed by atoms with E-state index in [1.807, 2.05) is 66.7 Å². The molecule has 0 radical (unpaired) electrons. The summed E-state index contributed by atoms with van der Waals surface area (Å²) in [7, 11) is 0. The minimum Gasteiger partial charge on any atom is -0.486 e. The maximum Gasteiger partial charge on any atom is 0.280 e. The number of rotatable bonds is 6. The molecule has 0 fully saturated rings. The zero-order valence-electron chi connectivity index (χ0n) is 15.6. The number of ether oxygens (including phenoxy) is 1. The van der Waals surface area contributed by atoms with Crippen molar-refractivity contribution in [3.63, 3.8) is 0 Å². The second-order valence-corrected chi connectivity index (χ2v) is 6.48. The Morgan fingerprint density at radius 1 is 0.897 bits per heavy atom. The fourth-order valence-corrected chi connectivity index (χ4v) is 3.00. The lowest BCUT2D eigenvalue weighted by atomic mass is 10.1. The third kappa shape index (κ3) is 4.32. The molecule has 1 N–H and O–H groups in total. The summed E-state index contributed by atoms with van der Waals surface area (Å²) in [5.41, 5.74) is 3.74. The average Bonchev–Trinajstić information content (AvgIpc) is 2.76. The highest BCUT2D eigenvalue weighted by molar-refractivity contribution is 5.86. The van der Waals surface area contributed by atoms with Crippen molar-refractivity contribution in [1.29, 1.82) is 0 Å². The van der Waals surface area contributed by atoms with Crippen molar-refractivity contribution in [3.8, 4) is 5.75 Å². The molecule has 0 aliphatic heterocycles. The molecule has 6 heteroatoms. The molecule has 0 aliphatic rings. The van der Waals surface area contributed by atoms with Gasteiger partial charge in [0.15, 0.2) is 5.82 Å². The van der Waals surface area contributed by atoms with Gasteiger partial charge in [-0.05, 0) is 29.8 Å². The molecule has 0 unspecified atom stereocenters. The molecule has 0 spiro atoms. The number of hydrogen-bond acceptors (Lipinski definition) is 4.